The third kappa shape index (κ3) is 4.13. The molecule has 3 nitrogen and oxygen atoms in total. The normalized spacial score (nSPS) is 16.4. The molecule has 0 aliphatic heterocycles. The third-order valence-corrected chi connectivity index (χ3v) is 3.80. The van der Waals surface area contributed by atoms with Gasteiger partial charge in [0.15, 0.2) is 11.5 Å². The molecule has 0 unspecified atom stereocenters. The smallest absolute Gasteiger partial charge is 0.161 e. The van der Waals surface area contributed by atoms with Crippen molar-refractivity contribution in [1.29, 1.82) is 0 Å². The lowest BCUT2D eigenvalue weighted by Crippen LogP contribution is -2.30. The Morgan fingerprint density at radius 1 is 1.21 bits per heavy atom. The minimum Gasteiger partial charge on any atom is -0.493 e. The minimum atomic E-state index is 0.478. The van der Waals surface area contributed by atoms with Crippen LogP contribution < -0.4 is 14.8 Å². The Hall–Kier alpha value is -1.22. The zero-order valence-corrected chi connectivity index (χ0v) is 12.2. The van der Waals surface area contributed by atoms with Gasteiger partial charge in [0.1, 0.15) is 0 Å². The summed E-state index contributed by atoms with van der Waals surface area (Å²) < 4.78 is 11.1. The second-order valence-corrected chi connectivity index (χ2v) is 5.78. The van der Waals surface area contributed by atoms with Crippen LogP contribution in [0.25, 0.3) is 0 Å². The maximum Gasteiger partial charge on any atom is 0.161 e. The van der Waals surface area contributed by atoms with E-state index in [1.807, 2.05) is 24.3 Å². The number of rotatable bonds is 8. The SMILES string of the molecule is COc1ccccc1OCCC1(CNC(C)C)CC1. The van der Waals surface area contributed by atoms with Crippen molar-refractivity contribution >= 4 is 0 Å². The Morgan fingerprint density at radius 3 is 2.47 bits per heavy atom. The molecule has 19 heavy (non-hydrogen) atoms. The first kappa shape index (κ1) is 14.2. The quantitative estimate of drug-likeness (QED) is 0.781. The lowest BCUT2D eigenvalue weighted by atomic mass is 10.0. The van der Waals surface area contributed by atoms with Gasteiger partial charge in [-0.15, -0.1) is 0 Å². The molecule has 1 aromatic rings. The van der Waals surface area contributed by atoms with Crippen LogP contribution in [0.15, 0.2) is 24.3 Å². The van der Waals surface area contributed by atoms with E-state index in [-0.39, 0.29) is 0 Å². The van der Waals surface area contributed by atoms with Crippen LogP contribution in [-0.4, -0.2) is 26.3 Å². The van der Waals surface area contributed by atoms with Gasteiger partial charge in [-0.25, -0.2) is 0 Å². The number of benzene rings is 1. The highest BCUT2D eigenvalue weighted by Gasteiger charge is 2.41. The number of hydrogen-bond donors (Lipinski definition) is 1. The van der Waals surface area contributed by atoms with Crippen LogP contribution in [0, 0.1) is 5.41 Å². The molecule has 1 aromatic carbocycles. The summed E-state index contributed by atoms with van der Waals surface area (Å²) in [6, 6.07) is 8.39. The number of nitrogens with one attached hydrogen (secondary N) is 1. The van der Waals surface area contributed by atoms with Crippen LogP contribution >= 0.6 is 0 Å². The van der Waals surface area contributed by atoms with Gasteiger partial charge in [-0.2, -0.15) is 0 Å². The van der Waals surface area contributed by atoms with E-state index in [9.17, 15) is 0 Å². The largest absolute Gasteiger partial charge is 0.493 e. The maximum atomic E-state index is 5.86. The highest BCUT2D eigenvalue weighted by atomic mass is 16.5. The number of ether oxygens (including phenoxy) is 2. The third-order valence-electron chi connectivity index (χ3n) is 3.80. The molecule has 2 rings (SSSR count). The summed E-state index contributed by atoms with van der Waals surface area (Å²) in [5.74, 6) is 1.66. The molecule has 1 N–H and O–H groups in total. The molecule has 1 aliphatic rings. The lowest BCUT2D eigenvalue weighted by molar-refractivity contribution is 0.251. The summed E-state index contributed by atoms with van der Waals surface area (Å²) in [6.45, 7) is 6.27. The molecule has 0 spiro atoms. The van der Waals surface area contributed by atoms with Gasteiger partial charge in [0.25, 0.3) is 0 Å². The first-order valence-electron chi connectivity index (χ1n) is 7.14. The summed E-state index contributed by atoms with van der Waals surface area (Å²) >= 11 is 0. The minimum absolute atomic E-state index is 0.478. The van der Waals surface area contributed by atoms with Gasteiger partial charge in [0, 0.05) is 12.6 Å². The van der Waals surface area contributed by atoms with Crippen LogP contribution in [0.5, 0.6) is 11.5 Å². The topological polar surface area (TPSA) is 30.5 Å². The van der Waals surface area contributed by atoms with E-state index in [1.165, 1.54) is 12.8 Å². The van der Waals surface area contributed by atoms with Crippen LogP contribution in [0.3, 0.4) is 0 Å². The number of para-hydroxylation sites is 2. The molecule has 0 amide bonds. The van der Waals surface area contributed by atoms with Crippen molar-refractivity contribution in [2.45, 2.75) is 39.2 Å². The monoisotopic (exact) mass is 263 g/mol. The first-order chi connectivity index (χ1) is 9.15. The van der Waals surface area contributed by atoms with Gasteiger partial charge in [-0.3, -0.25) is 0 Å². The van der Waals surface area contributed by atoms with Gasteiger partial charge in [-0.05, 0) is 36.8 Å². The molecule has 106 valence electrons. The number of hydrogen-bond acceptors (Lipinski definition) is 3. The van der Waals surface area contributed by atoms with Crippen molar-refractivity contribution in [1.82, 2.24) is 5.32 Å². The first-order valence-corrected chi connectivity index (χ1v) is 7.14. The standard InChI is InChI=1S/C16H25NO2/c1-13(2)17-12-16(8-9-16)10-11-19-15-7-5-4-6-14(15)18-3/h4-7,13,17H,8-12H2,1-3H3. The molecular weight excluding hydrogens is 238 g/mol. The molecule has 0 radical (unpaired) electrons. The maximum absolute atomic E-state index is 5.86. The van der Waals surface area contributed by atoms with Gasteiger partial charge < -0.3 is 14.8 Å². The molecule has 3 heteroatoms. The Labute approximate surface area is 116 Å². The molecule has 0 bridgehead atoms. The van der Waals surface area contributed by atoms with Crippen molar-refractivity contribution in [3.8, 4) is 11.5 Å². The van der Waals surface area contributed by atoms with E-state index in [2.05, 4.69) is 19.2 Å². The summed E-state index contributed by atoms with van der Waals surface area (Å²) in [4.78, 5) is 0. The van der Waals surface area contributed by atoms with E-state index < -0.39 is 0 Å². The van der Waals surface area contributed by atoms with E-state index in [0.29, 0.717) is 11.5 Å². The van der Waals surface area contributed by atoms with Crippen LogP contribution in [0.4, 0.5) is 0 Å². The van der Waals surface area contributed by atoms with Gasteiger partial charge in [-0.1, -0.05) is 26.0 Å². The van der Waals surface area contributed by atoms with Crippen molar-refractivity contribution in [2.24, 2.45) is 5.41 Å². The molecule has 0 atom stereocenters. The Bertz CT molecular complexity index is 399. The Balaban J connectivity index is 1.77. The number of methoxy groups -OCH3 is 1. The molecule has 1 fully saturated rings. The van der Waals surface area contributed by atoms with Crippen LogP contribution in [-0.2, 0) is 0 Å². The fourth-order valence-electron chi connectivity index (χ4n) is 2.23. The van der Waals surface area contributed by atoms with E-state index >= 15 is 0 Å². The second-order valence-electron chi connectivity index (χ2n) is 5.78. The highest BCUT2D eigenvalue weighted by molar-refractivity contribution is 5.39. The predicted octanol–water partition coefficient (Wildman–Crippen LogP) is 3.24. The molecular formula is C16H25NO2. The van der Waals surface area contributed by atoms with Gasteiger partial charge in [0.2, 0.25) is 0 Å². The van der Waals surface area contributed by atoms with Crippen molar-refractivity contribution in [3.63, 3.8) is 0 Å². The lowest BCUT2D eigenvalue weighted by Gasteiger charge is -2.18. The fraction of sp³-hybridized carbons (Fsp3) is 0.625. The van der Waals surface area contributed by atoms with Crippen LogP contribution in [0.2, 0.25) is 0 Å². The molecule has 1 saturated carbocycles. The fourth-order valence-corrected chi connectivity index (χ4v) is 2.23. The van der Waals surface area contributed by atoms with E-state index in [0.717, 1.165) is 31.1 Å². The van der Waals surface area contributed by atoms with Crippen molar-refractivity contribution < 1.29 is 9.47 Å². The predicted molar refractivity (Wildman–Crippen MR) is 77.9 cm³/mol. The Morgan fingerprint density at radius 2 is 1.89 bits per heavy atom. The molecule has 1 aliphatic carbocycles. The molecule has 0 aromatic heterocycles. The Kier molecular flexibility index (Phi) is 4.70. The van der Waals surface area contributed by atoms with E-state index in [4.69, 9.17) is 9.47 Å². The van der Waals surface area contributed by atoms with E-state index in [1.54, 1.807) is 7.11 Å². The van der Waals surface area contributed by atoms with Crippen molar-refractivity contribution in [3.05, 3.63) is 24.3 Å². The summed E-state index contributed by atoms with van der Waals surface area (Å²) in [5.41, 5.74) is 0.478. The summed E-state index contributed by atoms with van der Waals surface area (Å²) in [6.07, 6.45) is 3.76. The molecule has 0 saturated heterocycles. The van der Waals surface area contributed by atoms with Gasteiger partial charge in [0.05, 0.1) is 13.7 Å². The average molecular weight is 263 g/mol. The summed E-state index contributed by atoms with van der Waals surface area (Å²) in [5, 5.41) is 3.54. The zero-order valence-electron chi connectivity index (χ0n) is 12.2. The van der Waals surface area contributed by atoms with Crippen LogP contribution in [0.1, 0.15) is 33.1 Å². The highest BCUT2D eigenvalue weighted by Crippen LogP contribution is 2.48. The molecule has 0 heterocycles. The zero-order chi connectivity index (χ0) is 13.7. The van der Waals surface area contributed by atoms with Gasteiger partial charge >= 0.3 is 0 Å². The summed E-state index contributed by atoms with van der Waals surface area (Å²) in [7, 11) is 1.68. The van der Waals surface area contributed by atoms with Crippen molar-refractivity contribution in [2.75, 3.05) is 20.3 Å². The average Bonchev–Trinajstić information content (AvgIpc) is 3.18. The second kappa shape index (κ2) is 6.29.